The van der Waals surface area contributed by atoms with Crippen LogP contribution in [0.4, 0.5) is 0 Å². The molecule has 1 saturated heterocycles. The van der Waals surface area contributed by atoms with E-state index in [4.69, 9.17) is 5.11 Å². The number of nitrogens with one attached hydrogen (secondary N) is 1. The SMILES string of the molecule is CC(C(=O)N(NC(=O)C(=O)O)C(CN1CCCC1)c1ccccc1)c1ccccc1. The molecule has 0 radical (unpaired) electrons. The molecule has 2 aromatic carbocycles. The second kappa shape index (κ2) is 10.0. The molecule has 7 nitrogen and oxygen atoms in total. The van der Waals surface area contributed by atoms with E-state index in [1.807, 2.05) is 60.7 Å². The van der Waals surface area contributed by atoms with E-state index in [1.165, 1.54) is 5.01 Å². The van der Waals surface area contributed by atoms with Gasteiger partial charge in [-0.15, -0.1) is 0 Å². The zero-order valence-corrected chi connectivity index (χ0v) is 17.0. The maximum absolute atomic E-state index is 13.5. The Kier molecular flexibility index (Phi) is 7.19. The van der Waals surface area contributed by atoms with E-state index in [0.29, 0.717) is 6.54 Å². The number of benzene rings is 2. The van der Waals surface area contributed by atoms with Crippen molar-refractivity contribution in [1.29, 1.82) is 0 Å². The van der Waals surface area contributed by atoms with Crippen LogP contribution in [-0.4, -0.2) is 52.4 Å². The first-order valence-corrected chi connectivity index (χ1v) is 10.2. The highest BCUT2D eigenvalue weighted by Gasteiger charge is 2.33. The van der Waals surface area contributed by atoms with E-state index in [0.717, 1.165) is 37.1 Å². The fraction of sp³-hybridized carbons (Fsp3) is 0.348. The molecule has 1 fully saturated rings. The van der Waals surface area contributed by atoms with Crippen LogP contribution in [0.5, 0.6) is 0 Å². The lowest BCUT2D eigenvalue weighted by Gasteiger charge is -2.35. The molecule has 1 heterocycles. The third kappa shape index (κ3) is 5.24. The molecule has 0 aliphatic carbocycles. The van der Waals surface area contributed by atoms with Crippen LogP contribution in [0.1, 0.15) is 42.9 Å². The third-order valence-corrected chi connectivity index (χ3v) is 5.45. The van der Waals surface area contributed by atoms with Crippen LogP contribution in [0.2, 0.25) is 0 Å². The Bertz CT molecular complexity index is 867. The highest BCUT2D eigenvalue weighted by molar-refractivity contribution is 6.31. The Morgan fingerprint density at radius 1 is 0.967 bits per heavy atom. The predicted molar refractivity (Wildman–Crippen MR) is 112 cm³/mol. The molecule has 2 amide bonds. The molecule has 0 saturated carbocycles. The first-order valence-electron chi connectivity index (χ1n) is 10.2. The molecular formula is C23H27N3O4. The lowest BCUT2D eigenvalue weighted by molar-refractivity contribution is -0.157. The minimum Gasteiger partial charge on any atom is -0.474 e. The average molecular weight is 409 g/mol. The number of amides is 2. The number of aliphatic carboxylic acids is 1. The fourth-order valence-electron chi connectivity index (χ4n) is 3.76. The van der Waals surface area contributed by atoms with Crippen LogP contribution in [0, 0.1) is 0 Å². The van der Waals surface area contributed by atoms with Gasteiger partial charge in [-0.3, -0.25) is 15.0 Å². The summed E-state index contributed by atoms with van der Waals surface area (Å²) in [4.78, 5) is 39.0. The van der Waals surface area contributed by atoms with E-state index in [2.05, 4.69) is 10.3 Å². The van der Waals surface area contributed by atoms with Crippen molar-refractivity contribution in [3.05, 3.63) is 71.8 Å². The lowest BCUT2D eigenvalue weighted by atomic mass is 9.98. The number of hydrazine groups is 1. The maximum Gasteiger partial charge on any atom is 0.396 e. The molecular weight excluding hydrogens is 382 g/mol. The minimum atomic E-state index is -1.63. The van der Waals surface area contributed by atoms with Gasteiger partial charge in [0, 0.05) is 6.54 Å². The first kappa shape index (κ1) is 21.5. The molecule has 1 aliphatic rings. The van der Waals surface area contributed by atoms with Gasteiger partial charge >= 0.3 is 11.9 Å². The number of hydrogen-bond donors (Lipinski definition) is 2. The lowest BCUT2D eigenvalue weighted by Crippen LogP contribution is -2.53. The van der Waals surface area contributed by atoms with Gasteiger partial charge in [0.2, 0.25) is 5.91 Å². The number of carbonyl (C=O) groups is 3. The molecule has 2 atom stereocenters. The highest BCUT2D eigenvalue weighted by Crippen LogP contribution is 2.27. The number of likely N-dealkylation sites (tertiary alicyclic amines) is 1. The average Bonchev–Trinajstić information content (AvgIpc) is 3.29. The topological polar surface area (TPSA) is 90.0 Å². The number of rotatable bonds is 6. The van der Waals surface area contributed by atoms with E-state index < -0.39 is 23.8 Å². The number of nitrogens with zero attached hydrogens (tertiary/aromatic N) is 2. The standard InChI is InChI=1S/C23H27N3O4/c1-17(18-10-4-2-5-11-18)22(28)26(24-21(27)23(29)30)20(16-25-14-8-9-15-25)19-12-6-3-7-13-19/h2-7,10-13,17,20H,8-9,14-16H2,1H3,(H,24,27)(H,29,30). The van der Waals surface area contributed by atoms with Crippen molar-refractivity contribution in [3.63, 3.8) is 0 Å². The van der Waals surface area contributed by atoms with Gasteiger partial charge in [-0.25, -0.2) is 9.80 Å². The summed E-state index contributed by atoms with van der Waals surface area (Å²) < 4.78 is 0. The molecule has 7 heteroatoms. The van der Waals surface area contributed by atoms with Gasteiger partial charge < -0.3 is 10.0 Å². The van der Waals surface area contributed by atoms with Crippen LogP contribution >= 0.6 is 0 Å². The molecule has 3 rings (SSSR count). The Hall–Kier alpha value is -3.19. The van der Waals surface area contributed by atoms with Crippen molar-refractivity contribution >= 4 is 17.8 Å². The zero-order chi connectivity index (χ0) is 21.5. The van der Waals surface area contributed by atoms with Crippen LogP contribution in [0.3, 0.4) is 0 Å². The maximum atomic E-state index is 13.5. The summed E-state index contributed by atoms with van der Waals surface area (Å²) in [6.07, 6.45) is 2.16. The van der Waals surface area contributed by atoms with E-state index in [-0.39, 0.29) is 5.91 Å². The molecule has 2 N–H and O–H groups in total. The summed E-state index contributed by atoms with van der Waals surface area (Å²) in [6, 6.07) is 18.1. The number of carboxylic acid groups (broad SMARTS) is 1. The molecule has 1 aliphatic heterocycles. The van der Waals surface area contributed by atoms with Crippen molar-refractivity contribution in [1.82, 2.24) is 15.3 Å². The number of carboxylic acids is 1. The van der Waals surface area contributed by atoms with Gasteiger partial charge in [0.25, 0.3) is 0 Å². The predicted octanol–water partition coefficient (Wildman–Crippen LogP) is 2.57. The molecule has 0 bridgehead atoms. The normalized spacial score (nSPS) is 15.9. The van der Waals surface area contributed by atoms with Gasteiger partial charge in [0.15, 0.2) is 0 Å². The Morgan fingerprint density at radius 2 is 1.50 bits per heavy atom. The number of carbonyl (C=O) groups excluding carboxylic acids is 2. The highest BCUT2D eigenvalue weighted by atomic mass is 16.4. The summed E-state index contributed by atoms with van der Waals surface area (Å²) in [6.45, 7) is 4.09. The van der Waals surface area contributed by atoms with E-state index in [9.17, 15) is 14.4 Å². The van der Waals surface area contributed by atoms with Crippen molar-refractivity contribution in [2.75, 3.05) is 19.6 Å². The molecule has 0 spiro atoms. The van der Waals surface area contributed by atoms with Crippen molar-refractivity contribution in [3.8, 4) is 0 Å². The van der Waals surface area contributed by atoms with Gasteiger partial charge in [-0.2, -0.15) is 0 Å². The first-order chi connectivity index (χ1) is 14.5. The molecule has 2 unspecified atom stereocenters. The van der Waals surface area contributed by atoms with Crippen molar-refractivity contribution < 1.29 is 19.5 Å². The van der Waals surface area contributed by atoms with Crippen LogP contribution in [0.15, 0.2) is 60.7 Å². The zero-order valence-electron chi connectivity index (χ0n) is 17.0. The second-order valence-electron chi connectivity index (χ2n) is 7.52. The summed E-state index contributed by atoms with van der Waals surface area (Å²) in [5.41, 5.74) is 3.99. The van der Waals surface area contributed by atoms with Crippen molar-refractivity contribution in [2.24, 2.45) is 0 Å². The fourth-order valence-corrected chi connectivity index (χ4v) is 3.76. The van der Waals surface area contributed by atoms with Gasteiger partial charge in [-0.05, 0) is 44.0 Å². The summed E-state index contributed by atoms with van der Waals surface area (Å²) >= 11 is 0. The largest absolute Gasteiger partial charge is 0.474 e. The second-order valence-corrected chi connectivity index (χ2v) is 7.52. The van der Waals surface area contributed by atoms with Gasteiger partial charge in [0.05, 0.1) is 12.0 Å². The summed E-state index contributed by atoms with van der Waals surface area (Å²) in [5.74, 6) is -3.77. The summed E-state index contributed by atoms with van der Waals surface area (Å²) in [5, 5.41) is 10.4. The smallest absolute Gasteiger partial charge is 0.396 e. The molecule has 2 aromatic rings. The molecule has 0 aromatic heterocycles. The Balaban J connectivity index is 1.96. The quantitative estimate of drug-likeness (QED) is 0.565. The minimum absolute atomic E-state index is 0.358. The Labute approximate surface area is 176 Å². The third-order valence-electron chi connectivity index (χ3n) is 5.45. The molecule has 30 heavy (non-hydrogen) atoms. The number of hydrogen-bond acceptors (Lipinski definition) is 4. The van der Waals surface area contributed by atoms with E-state index in [1.54, 1.807) is 6.92 Å². The monoisotopic (exact) mass is 409 g/mol. The van der Waals surface area contributed by atoms with Crippen LogP contribution in [0.25, 0.3) is 0 Å². The van der Waals surface area contributed by atoms with E-state index >= 15 is 0 Å². The van der Waals surface area contributed by atoms with Crippen molar-refractivity contribution in [2.45, 2.75) is 31.7 Å². The van der Waals surface area contributed by atoms with Gasteiger partial charge in [0.1, 0.15) is 0 Å². The van der Waals surface area contributed by atoms with Crippen LogP contribution in [-0.2, 0) is 14.4 Å². The molecule has 158 valence electrons. The van der Waals surface area contributed by atoms with Gasteiger partial charge in [-0.1, -0.05) is 60.7 Å². The Morgan fingerprint density at radius 3 is 2.03 bits per heavy atom. The summed E-state index contributed by atoms with van der Waals surface area (Å²) in [7, 11) is 0. The van der Waals surface area contributed by atoms with Crippen LogP contribution < -0.4 is 5.43 Å².